The molecular formula is C16H24N4O3. The molecule has 2 heterocycles. The Morgan fingerprint density at radius 3 is 2.74 bits per heavy atom. The van der Waals surface area contributed by atoms with Gasteiger partial charge in [-0.25, -0.2) is 0 Å². The highest BCUT2D eigenvalue weighted by Gasteiger charge is 2.22. The van der Waals surface area contributed by atoms with Crippen LogP contribution in [0.1, 0.15) is 16.9 Å². The zero-order chi connectivity index (χ0) is 16.8. The number of nitrogens with zero attached hydrogens (tertiary/aromatic N) is 4. The van der Waals surface area contributed by atoms with Crippen LogP contribution >= 0.6 is 0 Å². The number of ether oxygens (including phenoxy) is 1. The Morgan fingerprint density at radius 2 is 2.04 bits per heavy atom. The molecule has 0 spiro atoms. The average molecular weight is 320 g/mol. The number of pyridine rings is 1. The van der Waals surface area contributed by atoms with Crippen LogP contribution in [0.5, 0.6) is 5.75 Å². The van der Waals surface area contributed by atoms with Gasteiger partial charge in [0.05, 0.1) is 13.7 Å². The third-order valence-electron chi connectivity index (χ3n) is 3.92. The van der Waals surface area contributed by atoms with Gasteiger partial charge in [-0.3, -0.25) is 19.5 Å². The third kappa shape index (κ3) is 4.66. The summed E-state index contributed by atoms with van der Waals surface area (Å²) in [5.74, 6) is 0.611. The predicted octanol–water partition coefficient (Wildman–Crippen LogP) is 0.326. The van der Waals surface area contributed by atoms with Crippen molar-refractivity contribution in [2.75, 3.05) is 53.9 Å². The van der Waals surface area contributed by atoms with E-state index < -0.39 is 0 Å². The molecule has 1 aliphatic rings. The number of carbonyl (C=O) groups excluding carboxylic acids is 2. The molecule has 1 fully saturated rings. The van der Waals surface area contributed by atoms with Gasteiger partial charge in [0.25, 0.3) is 5.91 Å². The molecule has 1 aliphatic heterocycles. The highest BCUT2D eigenvalue weighted by Crippen LogP contribution is 2.13. The quantitative estimate of drug-likeness (QED) is 0.800. The Hall–Kier alpha value is -2.15. The van der Waals surface area contributed by atoms with Crippen LogP contribution in [0.25, 0.3) is 0 Å². The third-order valence-corrected chi connectivity index (χ3v) is 3.92. The molecule has 0 atom stereocenters. The molecule has 126 valence electrons. The smallest absolute Gasteiger partial charge is 0.272 e. The lowest BCUT2D eigenvalue weighted by Gasteiger charge is -2.22. The molecule has 2 rings (SSSR count). The van der Waals surface area contributed by atoms with Crippen LogP contribution in [0.2, 0.25) is 0 Å². The van der Waals surface area contributed by atoms with Gasteiger partial charge in [0.2, 0.25) is 5.91 Å². The second-order valence-corrected chi connectivity index (χ2v) is 5.79. The van der Waals surface area contributed by atoms with E-state index >= 15 is 0 Å². The van der Waals surface area contributed by atoms with Crippen LogP contribution in [0.4, 0.5) is 0 Å². The van der Waals surface area contributed by atoms with Crippen molar-refractivity contribution >= 4 is 11.8 Å². The highest BCUT2D eigenvalue weighted by atomic mass is 16.5. The van der Waals surface area contributed by atoms with Gasteiger partial charge < -0.3 is 14.5 Å². The Bertz CT molecular complexity index is 562. The molecule has 1 aromatic heterocycles. The maximum absolute atomic E-state index is 12.6. The van der Waals surface area contributed by atoms with Gasteiger partial charge in [-0.15, -0.1) is 0 Å². The van der Waals surface area contributed by atoms with Crippen molar-refractivity contribution in [1.82, 2.24) is 19.7 Å². The zero-order valence-corrected chi connectivity index (χ0v) is 14.0. The summed E-state index contributed by atoms with van der Waals surface area (Å²) in [6.07, 6.45) is 2.42. The van der Waals surface area contributed by atoms with Crippen molar-refractivity contribution in [3.8, 4) is 5.75 Å². The van der Waals surface area contributed by atoms with Crippen LogP contribution in [0.15, 0.2) is 18.3 Å². The standard InChI is InChI=1S/C16H24N4O3/c1-18(2)15(21)12-19-7-4-8-20(10-9-19)16(22)14-11-13(23-3)5-6-17-14/h5-6,11H,4,7-10,12H2,1-3H3. The largest absolute Gasteiger partial charge is 0.497 e. The van der Waals surface area contributed by atoms with Crippen molar-refractivity contribution < 1.29 is 14.3 Å². The second-order valence-electron chi connectivity index (χ2n) is 5.79. The lowest BCUT2D eigenvalue weighted by molar-refractivity contribution is -0.129. The summed E-state index contributed by atoms with van der Waals surface area (Å²) >= 11 is 0. The summed E-state index contributed by atoms with van der Waals surface area (Å²) < 4.78 is 5.14. The van der Waals surface area contributed by atoms with Gasteiger partial charge in [0, 0.05) is 52.5 Å². The van der Waals surface area contributed by atoms with Gasteiger partial charge in [-0.1, -0.05) is 0 Å². The van der Waals surface area contributed by atoms with Gasteiger partial charge >= 0.3 is 0 Å². The predicted molar refractivity (Wildman–Crippen MR) is 86.4 cm³/mol. The number of hydrogen-bond acceptors (Lipinski definition) is 5. The van der Waals surface area contributed by atoms with Gasteiger partial charge in [-0.2, -0.15) is 0 Å². The Labute approximate surface area is 136 Å². The van der Waals surface area contributed by atoms with E-state index in [4.69, 9.17) is 4.74 Å². The summed E-state index contributed by atoms with van der Waals surface area (Å²) in [7, 11) is 5.07. The van der Waals surface area contributed by atoms with E-state index in [0.29, 0.717) is 37.6 Å². The van der Waals surface area contributed by atoms with E-state index in [0.717, 1.165) is 13.0 Å². The minimum absolute atomic E-state index is 0.0826. The first-order valence-corrected chi connectivity index (χ1v) is 7.73. The Kier molecular flexibility index (Phi) is 5.92. The number of rotatable bonds is 4. The summed E-state index contributed by atoms with van der Waals surface area (Å²) in [6, 6.07) is 3.37. The molecule has 7 heteroatoms. The molecule has 0 bridgehead atoms. The van der Waals surface area contributed by atoms with Gasteiger partial charge in [0.1, 0.15) is 11.4 Å². The monoisotopic (exact) mass is 320 g/mol. The first kappa shape index (κ1) is 17.2. The molecular weight excluding hydrogens is 296 g/mol. The second kappa shape index (κ2) is 7.92. The van der Waals surface area contributed by atoms with E-state index in [2.05, 4.69) is 9.88 Å². The van der Waals surface area contributed by atoms with E-state index in [-0.39, 0.29) is 11.8 Å². The number of methoxy groups -OCH3 is 1. The topological polar surface area (TPSA) is 66.0 Å². The summed E-state index contributed by atoms with van der Waals surface area (Å²) in [6.45, 7) is 3.17. The summed E-state index contributed by atoms with van der Waals surface area (Å²) in [5, 5.41) is 0. The SMILES string of the molecule is COc1ccnc(C(=O)N2CCCN(CC(=O)N(C)C)CC2)c1. The normalized spacial score (nSPS) is 15.9. The molecule has 0 radical (unpaired) electrons. The van der Waals surface area contributed by atoms with Gasteiger partial charge in [-0.05, 0) is 12.5 Å². The molecule has 0 unspecified atom stereocenters. The highest BCUT2D eigenvalue weighted by molar-refractivity contribution is 5.92. The zero-order valence-electron chi connectivity index (χ0n) is 14.0. The van der Waals surface area contributed by atoms with E-state index in [9.17, 15) is 9.59 Å². The molecule has 2 amide bonds. The maximum Gasteiger partial charge on any atom is 0.272 e. The molecule has 0 aromatic carbocycles. The molecule has 1 saturated heterocycles. The first-order valence-electron chi connectivity index (χ1n) is 7.73. The minimum atomic E-state index is -0.0929. The number of hydrogen-bond donors (Lipinski definition) is 0. The molecule has 0 aliphatic carbocycles. The molecule has 1 aromatic rings. The van der Waals surface area contributed by atoms with Crippen LogP contribution in [0.3, 0.4) is 0 Å². The van der Waals surface area contributed by atoms with Crippen molar-refractivity contribution in [2.45, 2.75) is 6.42 Å². The molecule has 23 heavy (non-hydrogen) atoms. The Morgan fingerprint density at radius 1 is 1.26 bits per heavy atom. The lowest BCUT2D eigenvalue weighted by atomic mass is 10.3. The number of carbonyl (C=O) groups is 2. The number of amides is 2. The van der Waals surface area contributed by atoms with Crippen LogP contribution in [-0.2, 0) is 4.79 Å². The summed E-state index contributed by atoms with van der Waals surface area (Å²) in [5.41, 5.74) is 0.391. The number of aromatic nitrogens is 1. The first-order chi connectivity index (χ1) is 11.0. The van der Waals surface area contributed by atoms with E-state index in [1.54, 1.807) is 49.3 Å². The molecule has 0 saturated carbocycles. The lowest BCUT2D eigenvalue weighted by Crippen LogP contribution is -2.39. The molecule has 7 nitrogen and oxygen atoms in total. The van der Waals surface area contributed by atoms with E-state index in [1.165, 1.54) is 0 Å². The van der Waals surface area contributed by atoms with Crippen molar-refractivity contribution in [2.24, 2.45) is 0 Å². The van der Waals surface area contributed by atoms with Crippen molar-refractivity contribution in [3.63, 3.8) is 0 Å². The van der Waals surface area contributed by atoms with E-state index in [1.807, 2.05) is 0 Å². The van der Waals surface area contributed by atoms with Gasteiger partial charge in [0.15, 0.2) is 0 Å². The van der Waals surface area contributed by atoms with Crippen LogP contribution < -0.4 is 4.74 Å². The molecule has 0 N–H and O–H groups in total. The fourth-order valence-corrected chi connectivity index (χ4v) is 2.48. The van der Waals surface area contributed by atoms with Crippen LogP contribution in [-0.4, -0.2) is 85.4 Å². The maximum atomic E-state index is 12.6. The summed E-state index contributed by atoms with van der Waals surface area (Å²) in [4.78, 5) is 34.0. The van der Waals surface area contributed by atoms with Crippen molar-refractivity contribution in [3.05, 3.63) is 24.0 Å². The Balaban J connectivity index is 1.96. The average Bonchev–Trinajstić information content (AvgIpc) is 2.79. The van der Waals surface area contributed by atoms with Crippen LogP contribution in [0, 0.1) is 0 Å². The fraction of sp³-hybridized carbons (Fsp3) is 0.562. The minimum Gasteiger partial charge on any atom is -0.497 e. The van der Waals surface area contributed by atoms with Crippen molar-refractivity contribution in [1.29, 1.82) is 0 Å². The number of likely N-dealkylation sites (N-methyl/N-ethyl adjacent to an activating group) is 1. The fourth-order valence-electron chi connectivity index (χ4n) is 2.48.